The van der Waals surface area contributed by atoms with Crippen molar-refractivity contribution in [3.05, 3.63) is 59.4 Å². The number of alkyl halides is 3. The Morgan fingerprint density at radius 1 is 1.17 bits per heavy atom. The summed E-state index contributed by atoms with van der Waals surface area (Å²) < 4.78 is 41.2. The summed E-state index contributed by atoms with van der Waals surface area (Å²) in [5.41, 5.74) is 1.18. The van der Waals surface area contributed by atoms with Crippen molar-refractivity contribution >= 4 is 5.91 Å². The van der Waals surface area contributed by atoms with E-state index in [9.17, 15) is 18.0 Å². The van der Waals surface area contributed by atoms with Crippen LogP contribution in [0.4, 0.5) is 13.2 Å². The minimum Gasteiger partial charge on any atom is -0.405 e. The molecule has 23 heavy (non-hydrogen) atoms. The minimum absolute atomic E-state index is 0.0271. The Morgan fingerprint density at radius 2 is 1.87 bits per heavy atom. The topological polar surface area (TPSA) is 42.4 Å². The quantitative estimate of drug-likeness (QED) is 0.863. The number of nitrogens with zero attached hydrogens (tertiary/aromatic N) is 2. The third-order valence-corrected chi connectivity index (χ3v) is 3.06. The monoisotopic (exact) mass is 324 g/mol. The average molecular weight is 324 g/mol. The van der Waals surface area contributed by atoms with Crippen molar-refractivity contribution < 1.29 is 22.7 Å². The number of pyridine rings is 1. The van der Waals surface area contributed by atoms with Crippen molar-refractivity contribution in [1.29, 1.82) is 0 Å². The standard InChI is InChI=1S/C16H15F3N2O2/c1-11-6-5-8-13(20-11)15(22)21(2)10-12-7-3-4-9-14(12)23-16(17,18)19/h3-9H,10H2,1-2H3. The number of halogens is 3. The van der Waals surface area contributed by atoms with Crippen LogP contribution in [-0.4, -0.2) is 29.2 Å². The van der Waals surface area contributed by atoms with Crippen molar-refractivity contribution in [3.8, 4) is 5.75 Å². The predicted octanol–water partition coefficient (Wildman–Crippen LogP) is 3.56. The Bertz CT molecular complexity index is 702. The molecule has 2 rings (SSSR count). The highest BCUT2D eigenvalue weighted by Crippen LogP contribution is 2.27. The molecule has 0 bridgehead atoms. The number of aryl methyl sites for hydroxylation is 1. The molecule has 0 aliphatic rings. The van der Waals surface area contributed by atoms with Gasteiger partial charge in [-0.05, 0) is 25.1 Å². The molecule has 122 valence electrons. The number of aromatic nitrogens is 1. The van der Waals surface area contributed by atoms with Gasteiger partial charge in [0.05, 0.1) is 0 Å². The van der Waals surface area contributed by atoms with Crippen LogP contribution in [0.2, 0.25) is 0 Å². The van der Waals surface area contributed by atoms with Crippen molar-refractivity contribution in [2.24, 2.45) is 0 Å². The Hall–Kier alpha value is -2.57. The van der Waals surface area contributed by atoms with Crippen molar-refractivity contribution in [3.63, 3.8) is 0 Å². The maximum atomic E-state index is 12.4. The summed E-state index contributed by atoms with van der Waals surface area (Å²) in [7, 11) is 1.50. The number of hydrogen-bond donors (Lipinski definition) is 0. The third-order valence-electron chi connectivity index (χ3n) is 3.06. The normalized spacial score (nSPS) is 11.2. The zero-order valence-corrected chi connectivity index (χ0v) is 12.6. The lowest BCUT2D eigenvalue weighted by molar-refractivity contribution is -0.274. The zero-order valence-electron chi connectivity index (χ0n) is 12.6. The molecular weight excluding hydrogens is 309 g/mol. The molecule has 0 saturated carbocycles. The summed E-state index contributed by atoms with van der Waals surface area (Å²) in [6.45, 7) is 1.73. The predicted molar refractivity (Wildman–Crippen MR) is 77.9 cm³/mol. The van der Waals surface area contributed by atoms with E-state index in [4.69, 9.17) is 0 Å². The van der Waals surface area contributed by atoms with E-state index in [2.05, 4.69) is 9.72 Å². The van der Waals surface area contributed by atoms with Gasteiger partial charge in [-0.15, -0.1) is 13.2 Å². The molecule has 1 aromatic heterocycles. The number of carbonyl (C=O) groups excluding carboxylic acids is 1. The molecule has 4 nitrogen and oxygen atoms in total. The first-order chi connectivity index (χ1) is 10.8. The maximum Gasteiger partial charge on any atom is 0.573 e. The first kappa shape index (κ1) is 16.8. The largest absolute Gasteiger partial charge is 0.573 e. The molecule has 1 amide bonds. The lowest BCUT2D eigenvalue weighted by Crippen LogP contribution is -2.28. The summed E-state index contributed by atoms with van der Waals surface area (Å²) in [6.07, 6.45) is -4.78. The van der Waals surface area contributed by atoms with Gasteiger partial charge < -0.3 is 9.64 Å². The van der Waals surface area contributed by atoms with Gasteiger partial charge in [0.2, 0.25) is 0 Å². The van der Waals surface area contributed by atoms with E-state index in [-0.39, 0.29) is 29.5 Å². The van der Waals surface area contributed by atoms with E-state index in [0.717, 1.165) is 0 Å². The van der Waals surface area contributed by atoms with Gasteiger partial charge in [0, 0.05) is 24.8 Å². The summed E-state index contributed by atoms with van der Waals surface area (Å²) >= 11 is 0. The van der Waals surface area contributed by atoms with Gasteiger partial charge in [0.25, 0.3) is 5.91 Å². The highest BCUT2D eigenvalue weighted by atomic mass is 19.4. The van der Waals surface area contributed by atoms with Crippen LogP contribution in [0.15, 0.2) is 42.5 Å². The first-order valence-corrected chi connectivity index (χ1v) is 6.79. The average Bonchev–Trinajstić information content (AvgIpc) is 2.47. The Labute approximate surface area is 131 Å². The maximum absolute atomic E-state index is 12.4. The molecule has 7 heteroatoms. The van der Waals surface area contributed by atoms with Gasteiger partial charge in [-0.25, -0.2) is 4.98 Å². The molecular formula is C16H15F3N2O2. The van der Waals surface area contributed by atoms with Crippen molar-refractivity contribution in [2.45, 2.75) is 19.8 Å². The number of amides is 1. The molecule has 0 N–H and O–H groups in total. The fourth-order valence-electron chi connectivity index (χ4n) is 2.04. The van der Waals surface area contributed by atoms with Crippen LogP contribution >= 0.6 is 0 Å². The van der Waals surface area contributed by atoms with E-state index >= 15 is 0 Å². The van der Waals surface area contributed by atoms with Crippen LogP contribution in [0.5, 0.6) is 5.75 Å². The van der Waals surface area contributed by atoms with Gasteiger partial charge in [0.15, 0.2) is 0 Å². The highest BCUT2D eigenvalue weighted by molar-refractivity contribution is 5.92. The second-order valence-electron chi connectivity index (χ2n) is 4.98. The molecule has 0 unspecified atom stereocenters. The van der Waals surface area contributed by atoms with Gasteiger partial charge in [-0.2, -0.15) is 0 Å². The summed E-state index contributed by atoms with van der Waals surface area (Å²) in [5.74, 6) is -0.702. The van der Waals surface area contributed by atoms with Crippen LogP contribution < -0.4 is 4.74 Å². The van der Waals surface area contributed by atoms with Gasteiger partial charge in [-0.3, -0.25) is 4.79 Å². The Morgan fingerprint density at radius 3 is 2.52 bits per heavy atom. The zero-order chi connectivity index (χ0) is 17.0. The minimum atomic E-state index is -4.78. The van der Waals surface area contributed by atoms with Crippen LogP contribution in [-0.2, 0) is 6.54 Å². The molecule has 0 spiro atoms. The van der Waals surface area contributed by atoms with Crippen molar-refractivity contribution in [2.75, 3.05) is 7.05 Å². The van der Waals surface area contributed by atoms with E-state index in [1.165, 1.54) is 30.1 Å². The molecule has 0 atom stereocenters. The number of benzene rings is 1. The molecule has 1 heterocycles. The first-order valence-electron chi connectivity index (χ1n) is 6.79. The number of carbonyl (C=O) groups is 1. The van der Waals surface area contributed by atoms with Crippen LogP contribution in [0.3, 0.4) is 0 Å². The highest BCUT2D eigenvalue weighted by Gasteiger charge is 2.32. The second-order valence-corrected chi connectivity index (χ2v) is 4.98. The number of hydrogen-bond acceptors (Lipinski definition) is 3. The summed E-state index contributed by atoms with van der Waals surface area (Å²) in [4.78, 5) is 17.7. The third kappa shape index (κ3) is 4.70. The molecule has 1 aromatic carbocycles. The molecule has 0 aliphatic carbocycles. The molecule has 0 radical (unpaired) electrons. The SMILES string of the molecule is Cc1cccc(C(=O)N(C)Cc2ccccc2OC(F)(F)F)n1. The Balaban J connectivity index is 2.17. The molecule has 0 fully saturated rings. The Kier molecular flexibility index (Phi) is 4.88. The lowest BCUT2D eigenvalue weighted by atomic mass is 10.2. The van der Waals surface area contributed by atoms with Gasteiger partial charge in [-0.1, -0.05) is 24.3 Å². The van der Waals surface area contributed by atoms with Gasteiger partial charge in [0.1, 0.15) is 11.4 Å². The van der Waals surface area contributed by atoms with Crippen LogP contribution in [0, 0.1) is 6.92 Å². The smallest absolute Gasteiger partial charge is 0.405 e. The lowest BCUT2D eigenvalue weighted by Gasteiger charge is -2.19. The van der Waals surface area contributed by atoms with E-state index in [1.807, 2.05) is 0 Å². The molecule has 0 aliphatic heterocycles. The van der Waals surface area contributed by atoms with E-state index < -0.39 is 6.36 Å². The van der Waals surface area contributed by atoms with E-state index in [0.29, 0.717) is 5.69 Å². The fraction of sp³-hybridized carbons (Fsp3) is 0.250. The summed E-state index contributed by atoms with van der Waals surface area (Å²) in [5, 5.41) is 0. The van der Waals surface area contributed by atoms with Crippen molar-refractivity contribution in [1.82, 2.24) is 9.88 Å². The van der Waals surface area contributed by atoms with E-state index in [1.54, 1.807) is 31.2 Å². The number of para-hydroxylation sites is 1. The number of ether oxygens (including phenoxy) is 1. The van der Waals surface area contributed by atoms with Crippen LogP contribution in [0.25, 0.3) is 0 Å². The number of rotatable bonds is 4. The van der Waals surface area contributed by atoms with Gasteiger partial charge >= 0.3 is 6.36 Å². The molecule has 0 saturated heterocycles. The van der Waals surface area contributed by atoms with Crippen LogP contribution in [0.1, 0.15) is 21.7 Å². The fourth-order valence-corrected chi connectivity index (χ4v) is 2.04. The molecule has 2 aromatic rings. The second kappa shape index (κ2) is 6.68. The summed E-state index contributed by atoms with van der Waals surface area (Å²) in [6, 6.07) is 10.7.